The van der Waals surface area contributed by atoms with Gasteiger partial charge in [-0.25, -0.2) is 0 Å². The Labute approximate surface area is 118 Å². The summed E-state index contributed by atoms with van der Waals surface area (Å²) in [5, 5.41) is 2.96. The number of nitrogens with zero attached hydrogens (tertiary/aromatic N) is 2. The lowest BCUT2D eigenvalue weighted by atomic mass is 10.2. The van der Waals surface area contributed by atoms with Crippen LogP contribution in [0.4, 0.5) is 11.4 Å². The van der Waals surface area contributed by atoms with Gasteiger partial charge in [-0.15, -0.1) is 0 Å². The summed E-state index contributed by atoms with van der Waals surface area (Å²) in [7, 11) is 0. The van der Waals surface area contributed by atoms with E-state index in [1.54, 1.807) is 18.3 Å². The van der Waals surface area contributed by atoms with E-state index in [0.29, 0.717) is 5.69 Å². The van der Waals surface area contributed by atoms with Crippen LogP contribution < -0.4 is 10.2 Å². The van der Waals surface area contributed by atoms with Gasteiger partial charge in [-0.3, -0.25) is 9.78 Å². The number of hydrogen-bond acceptors (Lipinski definition) is 3. The number of benzene rings is 1. The molecule has 2 heterocycles. The number of rotatable bonds is 3. The van der Waals surface area contributed by atoms with Crippen LogP contribution >= 0.6 is 0 Å². The average molecular weight is 267 g/mol. The summed E-state index contributed by atoms with van der Waals surface area (Å²) in [5.41, 5.74) is 2.38. The highest BCUT2D eigenvalue weighted by atomic mass is 16.1. The molecule has 1 aliphatic heterocycles. The molecular formula is C16H17N3O. The molecule has 102 valence electrons. The topological polar surface area (TPSA) is 45.2 Å². The molecule has 0 saturated carbocycles. The molecule has 1 aliphatic rings. The van der Waals surface area contributed by atoms with E-state index in [-0.39, 0.29) is 5.91 Å². The number of amides is 1. The summed E-state index contributed by atoms with van der Waals surface area (Å²) in [4.78, 5) is 18.6. The Morgan fingerprint density at radius 2 is 1.80 bits per heavy atom. The van der Waals surface area contributed by atoms with Crippen LogP contribution in [0.1, 0.15) is 23.3 Å². The fourth-order valence-electron chi connectivity index (χ4n) is 2.50. The number of aromatic nitrogens is 1. The summed E-state index contributed by atoms with van der Waals surface area (Å²) in [6.07, 6.45) is 4.05. The van der Waals surface area contributed by atoms with Gasteiger partial charge >= 0.3 is 0 Å². The van der Waals surface area contributed by atoms with Gasteiger partial charge in [-0.05, 0) is 37.1 Å². The summed E-state index contributed by atoms with van der Waals surface area (Å²) >= 11 is 0. The van der Waals surface area contributed by atoms with Gasteiger partial charge in [0.25, 0.3) is 5.91 Å². The highest BCUT2D eigenvalue weighted by molar-refractivity contribution is 6.04. The maximum atomic E-state index is 12.2. The zero-order valence-electron chi connectivity index (χ0n) is 11.2. The number of anilines is 2. The standard InChI is InChI=1S/C16H17N3O/c20-16(14-8-3-4-10-17-14)18-13-7-1-2-9-15(13)19-11-5-6-12-19/h1-4,7-10H,5-6,11-12H2,(H,18,20). The van der Waals surface area contributed by atoms with Gasteiger partial charge in [-0.2, -0.15) is 0 Å². The summed E-state index contributed by atoms with van der Waals surface area (Å²) in [5.74, 6) is -0.169. The van der Waals surface area contributed by atoms with Gasteiger partial charge in [0.15, 0.2) is 0 Å². The molecule has 2 aromatic rings. The maximum Gasteiger partial charge on any atom is 0.274 e. The second-order valence-electron chi connectivity index (χ2n) is 4.88. The number of carbonyl (C=O) groups excluding carboxylic acids is 1. The first kappa shape index (κ1) is 12.7. The molecule has 0 spiro atoms. The number of para-hydroxylation sites is 2. The Morgan fingerprint density at radius 1 is 1.05 bits per heavy atom. The Hall–Kier alpha value is -2.36. The van der Waals surface area contributed by atoms with Gasteiger partial charge < -0.3 is 10.2 Å². The SMILES string of the molecule is O=C(Nc1ccccc1N1CCCC1)c1ccccn1. The fraction of sp³-hybridized carbons (Fsp3) is 0.250. The van der Waals surface area contributed by atoms with E-state index in [1.807, 2.05) is 24.3 Å². The first-order chi connectivity index (χ1) is 9.84. The van der Waals surface area contributed by atoms with E-state index in [2.05, 4.69) is 21.3 Å². The van der Waals surface area contributed by atoms with Gasteiger partial charge in [0.2, 0.25) is 0 Å². The molecule has 1 saturated heterocycles. The third kappa shape index (κ3) is 2.64. The number of hydrogen-bond donors (Lipinski definition) is 1. The normalized spacial score (nSPS) is 14.3. The molecule has 1 aromatic heterocycles. The van der Waals surface area contributed by atoms with E-state index in [0.717, 1.165) is 24.5 Å². The predicted molar refractivity (Wildman–Crippen MR) is 80.1 cm³/mol. The van der Waals surface area contributed by atoms with Crippen LogP contribution in [-0.4, -0.2) is 24.0 Å². The van der Waals surface area contributed by atoms with Crippen molar-refractivity contribution in [3.05, 3.63) is 54.4 Å². The van der Waals surface area contributed by atoms with Crippen molar-refractivity contribution in [2.24, 2.45) is 0 Å². The highest BCUT2D eigenvalue weighted by Gasteiger charge is 2.17. The zero-order valence-corrected chi connectivity index (χ0v) is 11.2. The largest absolute Gasteiger partial charge is 0.370 e. The quantitative estimate of drug-likeness (QED) is 0.930. The fourth-order valence-corrected chi connectivity index (χ4v) is 2.50. The predicted octanol–water partition coefficient (Wildman–Crippen LogP) is 2.93. The van der Waals surface area contributed by atoms with Crippen LogP contribution in [0.2, 0.25) is 0 Å². The maximum absolute atomic E-state index is 12.2. The monoisotopic (exact) mass is 267 g/mol. The molecule has 0 bridgehead atoms. The molecule has 20 heavy (non-hydrogen) atoms. The lowest BCUT2D eigenvalue weighted by molar-refractivity contribution is 0.102. The van der Waals surface area contributed by atoms with Crippen molar-refractivity contribution < 1.29 is 4.79 Å². The first-order valence-electron chi connectivity index (χ1n) is 6.91. The molecule has 1 amide bonds. The second kappa shape index (κ2) is 5.74. The van der Waals surface area contributed by atoms with E-state index in [4.69, 9.17) is 0 Å². The molecule has 4 heteroatoms. The molecule has 1 N–H and O–H groups in total. The van der Waals surface area contributed by atoms with Crippen molar-refractivity contribution in [2.75, 3.05) is 23.3 Å². The molecule has 0 atom stereocenters. The minimum absolute atomic E-state index is 0.169. The third-order valence-corrected chi connectivity index (χ3v) is 3.50. The van der Waals surface area contributed by atoms with Crippen LogP contribution in [0.5, 0.6) is 0 Å². The Balaban J connectivity index is 1.82. The first-order valence-corrected chi connectivity index (χ1v) is 6.91. The molecule has 0 unspecified atom stereocenters. The molecule has 1 aromatic carbocycles. The number of carbonyl (C=O) groups is 1. The van der Waals surface area contributed by atoms with Crippen molar-refractivity contribution in [3.63, 3.8) is 0 Å². The van der Waals surface area contributed by atoms with E-state index in [1.165, 1.54) is 12.8 Å². The zero-order chi connectivity index (χ0) is 13.8. The molecule has 3 rings (SSSR count). The molecular weight excluding hydrogens is 250 g/mol. The smallest absolute Gasteiger partial charge is 0.274 e. The van der Waals surface area contributed by atoms with Crippen LogP contribution in [0, 0.1) is 0 Å². The Bertz CT molecular complexity index is 592. The van der Waals surface area contributed by atoms with Gasteiger partial charge in [0.05, 0.1) is 11.4 Å². The average Bonchev–Trinajstić information content (AvgIpc) is 3.03. The summed E-state index contributed by atoms with van der Waals surface area (Å²) in [6.45, 7) is 2.10. The van der Waals surface area contributed by atoms with Crippen molar-refractivity contribution in [1.29, 1.82) is 0 Å². The van der Waals surface area contributed by atoms with E-state index < -0.39 is 0 Å². The van der Waals surface area contributed by atoms with E-state index >= 15 is 0 Å². The minimum atomic E-state index is -0.169. The lowest BCUT2D eigenvalue weighted by Gasteiger charge is -2.21. The second-order valence-corrected chi connectivity index (χ2v) is 4.88. The van der Waals surface area contributed by atoms with Crippen LogP contribution in [0.3, 0.4) is 0 Å². The van der Waals surface area contributed by atoms with Crippen molar-refractivity contribution in [1.82, 2.24) is 4.98 Å². The summed E-state index contributed by atoms with van der Waals surface area (Å²) in [6, 6.07) is 13.3. The Kier molecular flexibility index (Phi) is 3.63. The Morgan fingerprint density at radius 3 is 2.55 bits per heavy atom. The highest BCUT2D eigenvalue weighted by Crippen LogP contribution is 2.28. The molecule has 1 fully saturated rings. The van der Waals surface area contributed by atoms with Crippen LogP contribution in [0.25, 0.3) is 0 Å². The van der Waals surface area contributed by atoms with Gasteiger partial charge in [0, 0.05) is 19.3 Å². The minimum Gasteiger partial charge on any atom is -0.370 e. The molecule has 0 aliphatic carbocycles. The van der Waals surface area contributed by atoms with Gasteiger partial charge in [-0.1, -0.05) is 18.2 Å². The van der Waals surface area contributed by atoms with Gasteiger partial charge in [0.1, 0.15) is 5.69 Å². The van der Waals surface area contributed by atoms with Crippen LogP contribution in [-0.2, 0) is 0 Å². The van der Waals surface area contributed by atoms with Crippen molar-refractivity contribution in [2.45, 2.75) is 12.8 Å². The van der Waals surface area contributed by atoms with Crippen molar-refractivity contribution in [3.8, 4) is 0 Å². The van der Waals surface area contributed by atoms with Crippen LogP contribution in [0.15, 0.2) is 48.7 Å². The number of nitrogens with one attached hydrogen (secondary N) is 1. The lowest BCUT2D eigenvalue weighted by Crippen LogP contribution is -2.21. The van der Waals surface area contributed by atoms with E-state index in [9.17, 15) is 4.79 Å². The third-order valence-electron chi connectivity index (χ3n) is 3.50. The number of pyridine rings is 1. The summed E-state index contributed by atoms with van der Waals surface area (Å²) < 4.78 is 0. The molecule has 4 nitrogen and oxygen atoms in total. The molecule has 0 radical (unpaired) electrons. The van der Waals surface area contributed by atoms with Crippen molar-refractivity contribution >= 4 is 17.3 Å².